The molecule has 6 bridgehead atoms. The van der Waals surface area contributed by atoms with Crippen molar-refractivity contribution < 1.29 is 29.3 Å². The SMILES string of the molecule is C[C@]12C(=O)O[C@@]3(CC[C@H]1C(=O)OCc1ccccc1)[C@@H]2C([N+]#N)=C(O)[C@@]12C[C@H]4CC[C@@]31C2[C@H]4O. The van der Waals surface area contributed by atoms with Crippen molar-refractivity contribution in [2.75, 3.05) is 0 Å². The van der Waals surface area contributed by atoms with Gasteiger partial charge >= 0.3 is 17.6 Å². The molecule has 1 saturated heterocycles. The lowest BCUT2D eigenvalue weighted by molar-refractivity contribution is -0.172. The molecule has 2 N–H and O–H groups in total. The largest absolute Gasteiger partial charge is 0.505 e. The summed E-state index contributed by atoms with van der Waals surface area (Å²) in [5, 5.41) is 32.6. The maximum Gasteiger partial charge on any atom is 0.407 e. The Morgan fingerprint density at radius 3 is 2.76 bits per heavy atom. The van der Waals surface area contributed by atoms with E-state index in [-0.39, 0.29) is 29.9 Å². The number of allylic oxidation sites excluding steroid dienone is 1. The number of aliphatic hydroxyl groups is 2. The Morgan fingerprint density at radius 2 is 2.03 bits per heavy atom. The molecule has 5 saturated carbocycles. The topological polar surface area (TPSA) is 121 Å². The van der Waals surface area contributed by atoms with Gasteiger partial charge in [-0.1, -0.05) is 30.3 Å². The lowest BCUT2D eigenvalue weighted by atomic mass is 9.47. The van der Waals surface area contributed by atoms with Gasteiger partial charge in [0.05, 0.1) is 22.9 Å². The molecule has 0 radical (unpaired) electrons. The highest BCUT2D eigenvalue weighted by Crippen LogP contribution is 2.94. The lowest BCUT2D eigenvalue weighted by Crippen LogP contribution is -2.61. The van der Waals surface area contributed by atoms with Crippen LogP contribution in [0.3, 0.4) is 0 Å². The van der Waals surface area contributed by atoms with Crippen molar-refractivity contribution in [3.63, 3.8) is 0 Å². The first-order chi connectivity index (χ1) is 16.3. The molecule has 0 aromatic heterocycles. The van der Waals surface area contributed by atoms with Gasteiger partial charge in [-0.15, -0.1) is 0 Å². The van der Waals surface area contributed by atoms with Crippen molar-refractivity contribution in [2.24, 2.45) is 39.9 Å². The van der Waals surface area contributed by atoms with Gasteiger partial charge in [0.25, 0.3) is 0 Å². The van der Waals surface area contributed by atoms with E-state index in [1.807, 2.05) is 30.3 Å². The summed E-state index contributed by atoms with van der Waals surface area (Å²) in [5.74, 6) is -2.73. The van der Waals surface area contributed by atoms with Gasteiger partial charge in [-0.3, -0.25) is 9.59 Å². The van der Waals surface area contributed by atoms with Crippen LogP contribution in [-0.2, 0) is 25.7 Å². The number of hydrogen-bond donors (Lipinski definition) is 2. The summed E-state index contributed by atoms with van der Waals surface area (Å²) in [6.45, 7) is 1.78. The zero-order valence-electron chi connectivity index (χ0n) is 18.9. The van der Waals surface area contributed by atoms with E-state index < -0.39 is 51.7 Å². The zero-order chi connectivity index (χ0) is 23.7. The van der Waals surface area contributed by atoms with Crippen LogP contribution in [0.25, 0.3) is 4.98 Å². The number of carbonyl (C=O) groups excluding carboxylic acids is 2. The predicted octanol–water partition coefficient (Wildman–Crippen LogP) is 3.47. The number of esters is 2. The highest BCUT2D eigenvalue weighted by Gasteiger charge is 2.99. The maximum absolute atomic E-state index is 13.6. The molecule has 6 fully saturated rings. The molecule has 8 rings (SSSR count). The van der Waals surface area contributed by atoms with E-state index in [1.165, 1.54) is 0 Å². The Morgan fingerprint density at radius 1 is 1.26 bits per heavy atom. The third-order valence-corrected chi connectivity index (χ3v) is 10.7. The molecule has 1 unspecified atom stereocenters. The smallest absolute Gasteiger partial charge is 0.407 e. The average molecular weight is 464 g/mol. The summed E-state index contributed by atoms with van der Waals surface area (Å²) in [7, 11) is 0. The molecule has 34 heavy (non-hydrogen) atoms. The first-order valence-electron chi connectivity index (χ1n) is 12.2. The van der Waals surface area contributed by atoms with Crippen LogP contribution in [0.4, 0.5) is 0 Å². The molecule has 8 heteroatoms. The molecular formula is C26H27N2O6+. The van der Waals surface area contributed by atoms with Gasteiger partial charge in [0.1, 0.15) is 18.1 Å². The number of diazo groups is 1. The van der Waals surface area contributed by atoms with Crippen molar-refractivity contribution in [1.82, 2.24) is 0 Å². The van der Waals surface area contributed by atoms with Crippen molar-refractivity contribution in [2.45, 2.75) is 57.3 Å². The molecule has 7 aliphatic rings. The van der Waals surface area contributed by atoms with E-state index in [2.05, 4.69) is 4.98 Å². The second kappa shape index (κ2) is 6.01. The number of rotatable bonds is 3. The first kappa shape index (κ1) is 20.5. The third-order valence-electron chi connectivity index (χ3n) is 10.7. The second-order valence-corrected chi connectivity index (χ2v) is 11.4. The Bertz CT molecular complexity index is 1220. The van der Waals surface area contributed by atoms with E-state index in [9.17, 15) is 25.2 Å². The molecule has 1 heterocycles. The van der Waals surface area contributed by atoms with E-state index >= 15 is 0 Å². The average Bonchev–Trinajstić information content (AvgIpc) is 3.36. The van der Waals surface area contributed by atoms with Crippen molar-refractivity contribution in [3.05, 3.63) is 52.3 Å². The lowest BCUT2D eigenvalue weighted by Gasteiger charge is -2.53. The Labute approximate surface area is 196 Å². The second-order valence-electron chi connectivity index (χ2n) is 11.4. The minimum absolute atomic E-state index is 0.0234. The molecular weight excluding hydrogens is 436 g/mol. The fourth-order valence-corrected chi connectivity index (χ4v) is 9.58. The molecule has 6 aliphatic carbocycles. The summed E-state index contributed by atoms with van der Waals surface area (Å²) in [6, 6.07) is 9.34. The van der Waals surface area contributed by atoms with Gasteiger partial charge in [0.2, 0.25) is 5.39 Å². The maximum atomic E-state index is 13.6. The van der Waals surface area contributed by atoms with Gasteiger partial charge in [0.15, 0.2) is 10.7 Å². The van der Waals surface area contributed by atoms with Crippen LogP contribution in [0.15, 0.2) is 41.8 Å². The van der Waals surface area contributed by atoms with Crippen LogP contribution >= 0.6 is 0 Å². The quantitative estimate of drug-likeness (QED) is 0.520. The molecule has 2 spiro atoms. The highest BCUT2D eigenvalue weighted by atomic mass is 16.6. The molecule has 0 amide bonds. The predicted molar refractivity (Wildman–Crippen MR) is 116 cm³/mol. The fraction of sp³-hybridized carbons (Fsp3) is 0.615. The van der Waals surface area contributed by atoms with Gasteiger partial charge < -0.3 is 19.7 Å². The van der Waals surface area contributed by atoms with E-state index in [4.69, 9.17) is 9.47 Å². The number of aliphatic hydroxyl groups excluding tert-OH is 2. The number of fused-ring (bicyclic) bond motifs is 1. The summed E-state index contributed by atoms with van der Waals surface area (Å²) < 4.78 is 11.9. The molecule has 1 aromatic carbocycles. The number of nitrogens with zero attached hydrogens (tertiary/aromatic N) is 2. The van der Waals surface area contributed by atoms with Crippen LogP contribution in [0.2, 0.25) is 0 Å². The number of ether oxygens (including phenoxy) is 2. The Kier molecular flexibility index (Phi) is 3.61. The first-order valence-corrected chi connectivity index (χ1v) is 12.2. The Balaban J connectivity index is 1.31. The summed E-state index contributed by atoms with van der Waals surface area (Å²) in [4.78, 5) is 30.4. The van der Waals surface area contributed by atoms with Crippen molar-refractivity contribution in [1.29, 1.82) is 5.39 Å². The van der Waals surface area contributed by atoms with Crippen LogP contribution in [-0.4, -0.2) is 33.9 Å². The minimum Gasteiger partial charge on any atom is -0.505 e. The summed E-state index contributed by atoms with van der Waals surface area (Å²) in [5.41, 5.74) is -2.74. The number of hydrogen-bond acceptors (Lipinski definition) is 7. The van der Waals surface area contributed by atoms with E-state index in [0.29, 0.717) is 19.3 Å². The molecule has 1 aromatic rings. The normalized spacial score (nSPS) is 49.0. The van der Waals surface area contributed by atoms with Gasteiger partial charge in [-0.2, -0.15) is 0 Å². The molecule has 1 aliphatic heterocycles. The van der Waals surface area contributed by atoms with Crippen LogP contribution in [0.1, 0.15) is 44.6 Å². The van der Waals surface area contributed by atoms with Crippen molar-refractivity contribution >= 4 is 11.9 Å². The minimum atomic E-state index is -1.34. The number of benzene rings is 1. The molecule has 8 nitrogen and oxygen atoms in total. The third kappa shape index (κ3) is 1.83. The van der Waals surface area contributed by atoms with Crippen LogP contribution < -0.4 is 0 Å². The molecule has 9 atom stereocenters. The molecule has 176 valence electrons. The van der Waals surface area contributed by atoms with Crippen LogP contribution in [0.5, 0.6) is 0 Å². The van der Waals surface area contributed by atoms with Crippen LogP contribution in [0, 0.1) is 45.3 Å². The fourth-order valence-electron chi connectivity index (χ4n) is 9.58. The number of carbonyl (C=O) groups is 2. The van der Waals surface area contributed by atoms with Gasteiger partial charge in [-0.25, -0.2) is 0 Å². The van der Waals surface area contributed by atoms with E-state index in [0.717, 1.165) is 18.4 Å². The summed E-state index contributed by atoms with van der Waals surface area (Å²) >= 11 is 0. The zero-order valence-corrected chi connectivity index (χ0v) is 18.9. The monoisotopic (exact) mass is 463 g/mol. The highest BCUT2D eigenvalue weighted by molar-refractivity contribution is 5.90. The van der Waals surface area contributed by atoms with E-state index in [1.54, 1.807) is 6.92 Å². The summed E-state index contributed by atoms with van der Waals surface area (Å²) in [6.07, 6.45) is 2.38. The van der Waals surface area contributed by atoms with Gasteiger partial charge in [-0.05, 0) is 50.5 Å². The Hall–Kier alpha value is -2.92. The standard InChI is InChI=1S/C26H26N2O6/c1-23-15(21(31)33-12-13-5-3-2-4-6-13)8-10-26(34-22(23)32)18(23)16(28-27)20(30)24-11-14-7-9-25(24,26)19(24)17(14)29/h2-6,14-15,17-19,29H,7-12H2,1H3/p+1/t14-,15+,17+,18-,19?,23+,24+,25+,26+/m1/s1. The van der Waals surface area contributed by atoms with Gasteiger partial charge in [0, 0.05) is 11.3 Å². The van der Waals surface area contributed by atoms with Crippen molar-refractivity contribution in [3.8, 4) is 0 Å².